The van der Waals surface area contributed by atoms with Gasteiger partial charge in [0.1, 0.15) is 0 Å². The van der Waals surface area contributed by atoms with E-state index < -0.39 is 9.84 Å². The molecule has 2 aromatic rings. The lowest BCUT2D eigenvalue weighted by Gasteiger charge is -2.33. The monoisotopic (exact) mass is 422 g/mol. The lowest BCUT2D eigenvalue weighted by molar-refractivity contribution is -0.130. The molecule has 0 radical (unpaired) electrons. The zero-order valence-corrected chi connectivity index (χ0v) is 17.2. The first kappa shape index (κ1) is 19.1. The molecule has 0 unspecified atom stereocenters. The predicted molar refractivity (Wildman–Crippen MR) is 106 cm³/mol. The van der Waals surface area contributed by atoms with Crippen molar-refractivity contribution in [2.24, 2.45) is 0 Å². The van der Waals surface area contributed by atoms with E-state index in [-0.39, 0.29) is 29.4 Å². The Hall–Kier alpha value is -2.20. The van der Waals surface area contributed by atoms with Crippen molar-refractivity contribution in [3.8, 4) is 10.6 Å². The number of hydrogen-bond donors (Lipinski definition) is 0. The first-order valence-electron chi connectivity index (χ1n) is 9.23. The Kier molecular flexibility index (Phi) is 5.00. The maximum atomic E-state index is 13.0. The molecule has 0 bridgehead atoms. The first-order valence-corrected chi connectivity index (χ1v) is 11.9. The highest BCUT2D eigenvalue weighted by Gasteiger charge is 2.33. The second-order valence-corrected chi connectivity index (χ2v) is 10.4. The fourth-order valence-corrected chi connectivity index (χ4v) is 6.17. The zero-order chi connectivity index (χ0) is 19.9. The minimum Gasteiger partial charge on any atom is -0.339 e. The average Bonchev–Trinajstić information content (AvgIpc) is 3.39. The maximum absolute atomic E-state index is 13.0. The summed E-state index contributed by atoms with van der Waals surface area (Å²) < 4.78 is 25.6. The zero-order valence-electron chi connectivity index (χ0n) is 15.6. The highest BCUT2D eigenvalue weighted by Crippen LogP contribution is 2.32. The van der Waals surface area contributed by atoms with E-state index in [1.807, 2.05) is 17.5 Å². The SMILES string of the molecule is CC(=O)N1CCN(C(=O)c2cc(-c3cccs3)n([C@@H]3CCS(=O)(=O)C3)n2)CC1. The summed E-state index contributed by atoms with van der Waals surface area (Å²) in [7, 11) is -3.07. The average molecular weight is 423 g/mol. The summed E-state index contributed by atoms with van der Waals surface area (Å²) in [5, 5.41) is 6.48. The van der Waals surface area contributed by atoms with Gasteiger partial charge in [0.25, 0.3) is 5.91 Å². The minimum atomic E-state index is -3.07. The molecule has 2 fully saturated rings. The van der Waals surface area contributed by atoms with Gasteiger partial charge >= 0.3 is 0 Å². The van der Waals surface area contributed by atoms with Crippen LogP contribution in [-0.4, -0.2) is 77.5 Å². The Bertz CT molecular complexity index is 989. The number of amides is 2. The molecule has 2 aliphatic heterocycles. The van der Waals surface area contributed by atoms with Gasteiger partial charge in [-0.15, -0.1) is 11.3 Å². The molecule has 4 heterocycles. The van der Waals surface area contributed by atoms with E-state index in [1.54, 1.807) is 20.5 Å². The second-order valence-electron chi connectivity index (χ2n) is 7.19. The maximum Gasteiger partial charge on any atom is 0.274 e. The molecule has 0 aromatic carbocycles. The van der Waals surface area contributed by atoms with E-state index in [0.29, 0.717) is 38.3 Å². The number of rotatable bonds is 3. The van der Waals surface area contributed by atoms with E-state index in [9.17, 15) is 18.0 Å². The van der Waals surface area contributed by atoms with Crippen LogP contribution in [0, 0.1) is 0 Å². The first-order chi connectivity index (χ1) is 13.3. The summed E-state index contributed by atoms with van der Waals surface area (Å²) in [5.74, 6) is 0.0368. The van der Waals surface area contributed by atoms with Crippen molar-refractivity contribution in [1.82, 2.24) is 19.6 Å². The Morgan fingerprint density at radius 3 is 2.46 bits per heavy atom. The van der Waals surface area contributed by atoms with Gasteiger partial charge in [0.2, 0.25) is 5.91 Å². The number of carbonyl (C=O) groups is 2. The van der Waals surface area contributed by atoms with Gasteiger partial charge < -0.3 is 9.80 Å². The topological polar surface area (TPSA) is 92.6 Å². The molecule has 4 rings (SSSR count). The van der Waals surface area contributed by atoms with Crippen LogP contribution in [0.4, 0.5) is 0 Å². The molecule has 1 atom stereocenters. The molecule has 2 aromatic heterocycles. The molecule has 0 N–H and O–H groups in total. The van der Waals surface area contributed by atoms with Gasteiger partial charge in [-0.25, -0.2) is 8.42 Å². The van der Waals surface area contributed by atoms with Crippen LogP contribution in [0.3, 0.4) is 0 Å². The fraction of sp³-hybridized carbons (Fsp3) is 0.500. The number of hydrogen-bond acceptors (Lipinski definition) is 6. The van der Waals surface area contributed by atoms with E-state index in [1.165, 1.54) is 18.3 Å². The van der Waals surface area contributed by atoms with Gasteiger partial charge in [0.05, 0.1) is 28.1 Å². The number of aromatic nitrogens is 2. The van der Waals surface area contributed by atoms with Crippen molar-refractivity contribution < 1.29 is 18.0 Å². The summed E-state index contributed by atoms with van der Waals surface area (Å²) in [6.45, 7) is 3.50. The summed E-state index contributed by atoms with van der Waals surface area (Å²) in [6.07, 6.45) is 0.507. The molecule has 0 aliphatic carbocycles. The van der Waals surface area contributed by atoms with Gasteiger partial charge in [-0.3, -0.25) is 14.3 Å². The summed E-state index contributed by atoms with van der Waals surface area (Å²) in [4.78, 5) is 28.9. The lowest BCUT2D eigenvalue weighted by Crippen LogP contribution is -2.50. The van der Waals surface area contributed by atoms with Crippen molar-refractivity contribution in [3.63, 3.8) is 0 Å². The van der Waals surface area contributed by atoms with Crippen molar-refractivity contribution in [2.75, 3.05) is 37.7 Å². The predicted octanol–water partition coefficient (Wildman–Crippen LogP) is 1.28. The summed E-state index contributed by atoms with van der Waals surface area (Å²) in [6, 6.07) is 5.38. The van der Waals surface area contributed by atoms with Crippen LogP contribution in [-0.2, 0) is 14.6 Å². The standard InChI is InChI=1S/C18H22N4O4S2/c1-13(23)20-5-7-21(8-6-20)18(24)15-11-16(17-3-2-9-27-17)22(19-15)14-4-10-28(25,26)12-14/h2-3,9,11,14H,4-8,10,12H2,1H3/t14-/m1/s1. The van der Waals surface area contributed by atoms with Gasteiger partial charge in [-0.05, 0) is 23.9 Å². The molecule has 0 spiro atoms. The van der Waals surface area contributed by atoms with E-state index in [2.05, 4.69) is 5.10 Å². The molecule has 28 heavy (non-hydrogen) atoms. The lowest BCUT2D eigenvalue weighted by atomic mass is 10.2. The molecule has 2 aliphatic rings. The van der Waals surface area contributed by atoms with Crippen molar-refractivity contribution in [3.05, 3.63) is 29.3 Å². The quantitative estimate of drug-likeness (QED) is 0.743. The van der Waals surface area contributed by atoms with Crippen LogP contribution in [0.25, 0.3) is 10.6 Å². The van der Waals surface area contributed by atoms with Gasteiger partial charge in [-0.2, -0.15) is 5.10 Å². The Morgan fingerprint density at radius 2 is 1.89 bits per heavy atom. The van der Waals surface area contributed by atoms with Crippen molar-refractivity contribution in [1.29, 1.82) is 0 Å². The molecule has 0 saturated carbocycles. The largest absolute Gasteiger partial charge is 0.339 e. The van der Waals surface area contributed by atoms with Crippen molar-refractivity contribution >= 4 is 33.0 Å². The number of carbonyl (C=O) groups excluding carboxylic acids is 2. The second kappa shape index (κ2) is 7.32. The van der Waals surface area contributed by atoms with Crippen molar-refractivity contribution in [2.45, 2.75) is 19.4 Å². The van der Waals surface area contributed by atoms with Crippen LogP contribution in [0.1, 0.15) is 29.9 Å². The van der Waals surface area contributed by atoms with Crippen LogP contribution >= 0.6 is 11.3 Å². The van der Waals surface area contributed by atoms with Crippen LogP contribution in [0.5, 0.6) is 0 Å². The Labute approximate surface area is 167 Å². The molecule has 2 amide bonds. The number of thiophene rings is 1. The smallest absolute Gasteiger partial charge is 0.274 e. The highest BCUT2D eigenvalue weighted by atomic mass is 32.2. The third-order valence-corrected chi connectivity index (χ3v) is 7.94. The molecule has 10 heteroatoms. The van der Waals surface area contributed by atoms with Crippen LogP contribution in [0.2, 0.25) is 0 Å². The van der Waals surface area contributed by atoms with E-state index in [4.69, 9.17) is 0 Å². The Morgan fingerprint density at radius 1 is 1.18 bits per heavy atom. The third-order valence-electron chi connectivity index (χ3n) is 5.29. The number of sulfone groups is 1. The van der Waals surface area contributed by atoms with E-state index >= 15 is 0 Å². The molecular weight excluding hydrogens is 400 g/mol. The van der Waals surface area contributed by atoms with E-state index in [0.717, 1.165) is 10.6 Å². The normalized spacial score (nSPS) is 21.8. The molecule has 8 nitrogen and oxygen atoms in total. The molecule has 150 valence electrons. The number of piperazine rings is 1. The van der Waals surface area contributed by atoms with Gasteiger partial charge in [0, 0.05) is 33.1 Å². The summed E-state index contributed by atoms with van der Waals surface area (Å²) >= 11 is 1.53. The number of nitrogens with zero attached hydrogens (tertiary/aromatic N) is 4. The molecule has 2 saturated heterocycles. The fourth-order valence-electron chi connectivity index (χ4n) is 3.74. The van der Waals surface area contributed by atoms with Crippen LogP contribution < -0.4 is 0 Å². The Balaban J connectivity index is 1.61. The highest BCUT2D eigenvalue weighted by molar-refractivity contribution is 7.91. The minimum absolute atomic E-state index is 0.0128. The summed E-state index contributed by atoms with van der Waals surface area (Å²) in [5.41, 5.74) is 1.10. The third kappa shape index (κ3) is 3.70. The van der Waals surface area contributed by atoms with Crippen LogP contribution in [0.15, 0.2) is 23.6 Å². The van der Waals surface area contributed by atoms with Gasteiger partial charge in [-0.1, -0.05) is 6.07 Å². The molecular formula is C18H22N4O4S2. The van der Waals surface area contributed by atoms with Gasteiger partial charge in [0.15, 0.2) is 15.5 Å².